The largest absolute Gasteiger partial charge is 0.353 e. The Hall–Kier alpha value is -2.54. The van der Waals surface area contributed by atoms with Gasteiger partial charge in [-0.1, -0.05) is 6.07 Å². The normalized spacial score (nSPS) is 19.4. The van der Waals surface area contributed by atoms with Crippen LogP contribution < -0.4 is 5.32 Å². The molecule has 7 heteroatoms. The van der Waals surface area contributed by atoms with Crippen molar-refractivity contribution in [3.8, 4) is 11.3 Å². The van der Waals surface area contributed by atoms with E-state index >= 15 is 0 Å². The van der Waals surface area contributed by atoms with Crippen molar-refractivity contribution >= 4 is 17.2 Å². The molecule has 1 amide bonds. The van der Waals surface area contributed by atoms with E-state index in [4.69, 9.17) is 0 Å². The van der Waals surface area contributed by atoms with Crippen LogP contribution in [0.2, 0.25) is 0 Å². The summed E-state index contributed by atoms with van der Waals surface area (Å²) >= 11 is 1.76. The first kappa shape index (κ1) is 18.8. The number of aryl methyl sites for hydroxylation is 1. The van der Waals surface area contributed by atoms with Crippen LogP contribution >= 0.6 is 11.3 Å². The zero-order valence-corrected chi connectivity index (χ0v) is 16.6. The molecule has 0 unspecified atom stereocenters. The molecule has 3 aromatic heterocycles. The van der Waals surface area contributed by atoms with Crippen LogP contribution in [-0.2, 0) is 11.2 Å². The molecule has 0 aromatic carbocycles. The Morgan fingerprint density at radius 3 is 2.86 bits per heavy atom. The average molecular weight is 396 g/mol. The zero-order chi connectivity index (χ0) is 19.2. The van der Waals surface area contributed by atoms with Crippen molar-refractivity contribution in [1.82, 2.24) is 25.1 Å². The summed E-state index contributed by atoms with van der Waals surface area (Å²) < 4.78 is 2.04. The fourth-order valence-electron chi connectivity index (χ4n) is 3.78. The lowest BCUT2D eigenvalue weighted by Crippen LogP contribution is -2.38. The monoisotopic (exact) mass is 395 g/mol. The van der Waals surface area contributed by atoms with Crippen LogP contribution in [0.15, 0.2) is 48.5 Å². The van der Waals surface area contributed by atoms with Crippen molar-refractivity contribution in [3.63, 3.8) is 0 Å². The number of nitrogens with one attached hydrogen (secondary N) is 1. The lowest BCUT2D eigenvalue weighted by atomic mass is 9.91. The van der Waals surface area contributed by atoms with Gasteiger partial charge >= 0.3 is 0 Å². The van der Waals surface area contributed by atoms with Gasteiger partial charge in [-0.25, -0.2) is 0 Å². The van der Waals surface area contributed by atoms with Crippen LogP contribution in [0, 0.1) is 0 Å². The molecule has 0 spiro atoms. The molecule has 4 rings (SSSR count). The van der Waals surface area contributed by atoms with Crippen LogP contribution in [0.4, 0.5) is 0 Å². The number of nitrogens with zero attached hydrogens (tertiary/aromatic N) is 4. The van der Waals surface area contributed by atoms with Crippen LogP contribution in [0.1, 0.15) is 49.4 Å². The van der Waals surface area contributed by atoms with Crippen molar-refractivity contribution < 1.29 is 4.79 Å². The second-order valence-electron chi connectivity index (χ2n) is 7.31. The molecule has 0 radical (unpaired) electrons. The maximum absolute atomic E-state index is 12.2. The molecule has 146 valence electrons. The van der Waals surface area contributed by atoms with Gasteiger partial charge in [0.1, 0.15) is 0 Å². The Labute approximate surface area is 169 Å². The third kappa shape index (κ3) is 4.84. The molecule has 3 heterocycles. The Morgan fingerprint density at radius 1 is 1.21 bits per heavy atom. The van der Waals surface area contributed by atoms with Crippen molar-refractivity contribution in [2.75, 3.05) is 0 Å². The number of hydrogen-bond acceptors (Lipinski definition) is 5. The summed E-state index contributed by atoms with van der Waals surface area (Å²) in [6.07, 6.45) is 15.6. The number of aromatic nitrogens is 4. The summed E-state index contributed by atoms with van der Waals surface area (Å²) in [6, 6.07) is 4.88. The summed E-state index contributed by atoms with van der Waals surface area (Å²) in [5.41, 5.74) is 1.84. The van der Waals surface area contributed by atoms with E-state index in [0.29, 0.717) is 18.5 Å². The molecule has 0 atom stereocenters. The molecule has 0 bridgehead atoms. The smallest absolute Gasteiger partial charge is 0.220 e. The van der Waals surface area contributed by atoms with E-state index < -0.39 is 0 Å². The zero-order valence-electron chi connectivity index (χ0n) is 15.8. The summed E-state index contributed by atoms with van der Waals surface area (Å²) in [7, 11) is 0. The number of amides is 1. The number of hydrogen-bond donors (Lipinski definition) is 1. The van der Waals surface area contributed by atoms with Crippen LogP contribution in [-0.4, -0.2) is 31.7 Å². The average Bonchev–Trinajstić information content (AvgIpc) is 3.42. The Balaban J connectivity index is 1.21. The van der Waals surface area contributed by atoms with E-state index in [-0.39, 0.29) is 5.91 Å². The van der Waals surface area contributed by atoms with E-state index in [2.05, 4.69) is 44.1 Å². The van der Waals surface area contributed by atoms with Crippen molar-refractivity contribution in [1.29, 1.82) is 0 Å². The van der Waals surface area contributed by atoms with Crippen LogP contribution in [0.5, 0.6) is 0 Å². The predicted molar refractivity (Wildman–Crippen MR) is 110 cm³/mol. The predicted octanol–water partition coefficient (Wildman–Crippen LogP) is 4.02. The molecule has 28 heavy (non-hydrogen) atoms. The minimum absolute atomic E-state index is 0.184. The van der Waals surface area contributed by atoms with Gasteiger partial charge in [-0.15, -0.1) is 11.3 Å². The van der Waals surface area contributed by atoms with Gasteiger partial charge in [-0.2, -0.15) is 5.10 Å². The molecule has 1 saturated carbocycles. The Bertz CT molecular complexity index is 869. The second kappa shape index (κ2) is 9.10. The molecule has 3 aromatic rings. The van der Waals surface area contributed by atoms with Gasteiger partial charge in [0.2, 0.25) is 5.91 Å². The molecular formula is C21H25N5OS. The van der Waals surface area contributed by atoms with E-state index in [1.165, 1.54) is 4.88 Å². The molecule has 1 fully saturated rings. The number of thiophene rings is 1. The molecular weight excluding hydrogens is 370 g/mol. The van der Waals surface area contributed by atoms with Gasteiger partial charge in [0.25, 0.3) is 0 Å². The maximum Gasteiger partial charge on any atom is 0.220 e. The molecule has 6 nitrogen and oxygen atoms in total. The fourth-order valence-corrected chi connectivity index (χ4v) is 4.53. The molecule has 0 saturated heterocycles. The summed E-state index contributed by atoms with van der Waals surface area (Å²) in [5.74, 6) is 0.184. The van der Waals surface area contributed by atoms with Crippen LogP contribution in [0.3, 0.4) is 0 Å². The minimum atomic E-state index is 0.184. The lowest BCUT2D eigenvalue weighted by molar-refractivity contribution is -0.122. The first-order valence-electron chi connectivity index (χ1n) is 9.90. The van der Waals surface area contributed by atoms with Gasteiger partial charge in [0.05, 0.1) is 24.1 Å². The maximum atomic E-state index is 12.2. The van der Waals surface area contributed by atoms with Gasteiger partial charge in [0, 0.05) is 41.5 Å². The summed E-state index contributed by atoms with van der Waals surface area (Å²) in [5, 5.41) is 9.84. The first-order chi connectivity index (χ1) is 13.8. The van der Waals surface area contributed by atoms with Gasteiger partial charge in [0.15, 0.2) is 0 Å². The number of carbonyl (C=O) groups excluding carboxylic acids is 1. The Morgan fingerprint density at radius 2 is 2.11 bits per heavy atom. The molecule has 1 aliphatic carbocycles. The SMILES string of the molecule is O=C(CCCc1cccs1)NC1CCC(n2cc(-c3cnccn3)cn2)CC1. The Kier molecular flexibility index (Phi) is 6.11. The van der Waals surface area contributed by atoms with E-state index in [1.54, 1.807) is 29.9 Å². The van der Waals surface area contributed by atoms with Crippen molar-refractivity contribution in [2.24, 2.45) is 0 Å². The highest BCUT2D eigenvalue weighted by Crippen LogP contribution is 2.29. The number of carbonyl (C=O) groups is 1. The van der Waals surface area contributed by atoms with Gasteiger partial charge < -0.3 is 5.32 Å². The highest BCUT2D eigenvalue weighted by atomic mass is 32.1. The van der Waals surface area contributed by atoms with E-state index in [0.717, 1.165) is 49.8 Å². The highest BCUT2D eigenvalue weighted by Gasteiger charge is 2.24. The number of rotatable bonds is 7. The fraction of sp³-hybridized carbons (Fsp3) is 0.429. The topological polar surface area (TPSA) is 72.7 Å². The third-order valence-electron chi connectivity index (χ3n) is 5.30. The van der Waals surface area contributed by atoms with Gasteiger partial charge in [-0.05, 0) is 50.0 Å². The van der Waals surface area contributed by atoms with Crippen molar-refractivity contribution in [2.45, 2.75) is 57.0 Å². The molecule has 0 aliphatic heterocycles. The lowest BCUT2D eigenvalue weighted by Gasteiger charge is -2.29. The summed E-state index contributed by atoms with van der Waals surface area (Å²) in [6.45, 7) is 0. The quantitative estimate of drug-likeness (QED) is 0.656. The van der Waals surface area contributed by atoms with Crippen LogP contribution in [0.25, 0.3) is 11.3 Å². The summed E-state index contributed by atoms with van der Waals surface area (Å²) in [4.78, 5) is 22.0. The van der Waals surface area contributed by atoms with Gasteiger partial charge in [-0.3, -0.25) is 19.4 Å². The third-order valence-corrected chi connectivity index (χ3v) is 6.24. The minimum Gasteiger partial charge on any atom is -0.353 e. The second-order valence-corrected chi connectivity index (χ2v) is 8.34. The van der Waals surface area contributed by atoms with E-state index in [9.17, 15) is 4.79 Å². The van der Waals surface area contributed by atoms with E-state index in [1.807, 2.05) is 10.9 Å². The standard InChI is InChI=1S/C21H25N5OS/c27-21(5-1-3-19-4-2-12-28-19)25-17-6-8-18(9-7-17)26-15-16(13-24-26)20-14-22-10-11-23-20/h2,4,10-15,17-18H,1,3,5-9H2,(H,25,27). The molecule has 1 aliphatic rings. The molecule has 1 N–H and O–H groups in total. The highest BCUT2D eigenvalue weighted by molar-refractivity contribution is 7.09. The first-order valence-corrected chi connectivity index (χ1v) is 10.8. The van der Waals surface area contributed by atoms with Crippen molar-refractivity contribution in [3.05, 3.63) is 53.4 Å².